The maximum atomic E-state index is 13.0. The lowest BCUT2D eigenvalue weighted by Crippen LogP contribution is -2.16. The van der Waals surface area contributed by atoms with Gasteiger partial charge in [-0.3, -0.25) is 0 Å². The van der Waals surface area contributed by atoms with Crippen LogP contribution in [0, 0.1) is 5.82 Å². The minimum Gasteiger partial charge on any atom is -0.342 e. The van der Waals surface area contributed by atoms with Gasteiger partial charge in [-0.25, -0.2) is 4.39 Å². The smallest absolute Gasteiger partial charge is 0.123 e. The fraction of sp³-hybridized carbons (Fsp3) is 0.294. The van der Waals surface area contributed by atoms with Crippen molar-refractivity contribution in [3.05, 3.63) is 59.9 Å². The molecule has 106 valence electrons. The SMILES string of the molecule is CCN(c1ccc(F)cc1)c1ccc(C(C)NC)cc1. The van der Waals surface area contributed by atoms with E-state index in [1.54, 1.807) is 0 Å². The molecule has 0 saturated carbocycles. The standard InChI is InChI=1S/C17H21FN2/c1-4-20(17-11-7-15(18)8-12-17)16-9-5-14(6-10-16)13(2)19-3/h5-13,19H,4H2,1-3H3. The fourth-order valence-electron chi connectivity index (χ4n) is 2.24. The van der Waals surface area contributed by atoms with Gasteiger partial charge in [-0.05, 0) is 62.9 Å². The third-order valence-electron chi connectivity index (χ3n) is 3.59. The number of halogens is 1. The topological polar surface area (TPSA) is 15.3 Å². The molecular weight excluding hydrogens is 251 g/mol. The first-order chi connectivity index (χ1) is 9.65. The first kappa shape index (κ1) is 14.5. The highest BCUT2D eigenvalue weighted by Gasteiger charge is 2.08. The summed E-state index contributed by atoms with van der Waals surface area (Å²) < 4.78 is 13.0. The van der Waals surface area contributed by atoms with E-state index in [0.29, 0.717) is 6.04 Å². The molecule has 20 heavy (non-hydrogen) atoms. The van der Waals surface area contributed by atoms with Gasteiger partial charge in [0.1, 0.15) is 5.82 Å². The third kappa shape index (κ3) is 3.17. The molecule has 0 aliphatic carbocycles. The summed E-state index contributed by atoms with van der Waals surface area (Å²) in [4.78, 5) is 2.16. The second-order valence-corrected chi connectivity index (χ2v) is 4.82. The molecule has 0 aromatic heterocycles. The largest absolute Gasteiger partial charge is 0.342 e. The Balaban J connectivity index is 2.25. The Morgan fingerprint density at radius 2 is 1.50 bits per heavy atom. The Hall–Kier alpha value is -1.87. The summed E-state index contributed by atoms with van der Waals surface area (Å²) in [7, 11) is 1.95. The molecule has 2 rings (SSSR count). The van der Waals surface area contributed by atoms with Crippen LogP contribution < -0.4 is 10.2 Å². The Bertz CT molecular complexity index is 534. The fourth-order valence-corrected chi connectivity index (χ4v) is 2.24. The van der Waals surface area contributed by atoms with Crippen molar-refractivity contribution in [2.24, 2.45) is 0 Å². The van der Waals surface area contributed by atoms with E-state index in [2.05, 4.69) is 48.3 Å². The van der Waals surface area contributed by atoms with Gasteiger partial charge in [0.15, 0.2) is 0 Å². The van der Waals surface area contributed by atoms with Gasteiger partial charge in [0, 0.05) is 24.0 Å². The van der Waals surface area contributed by atoms with E-state index < -0.39 is 0 Å². The van der Waals surface area contributed by atoms with Crippen LogP contribution in [0.2, 0.25) is 0 Å². The molecule has 1 atom stereocenters. The van der Waals surface area contributed by atoms with Crippen LogP contribution in [0.15, 0.2) is 48.5 Å². The Morgan fingerprint density at radius 3 is 1.95 bits per heavy atom. The van der Waals surface area contributed by atoms with Gasteiger partial charge in [0.05, 0.1) is 0 Å². The maximum Gasteiger partial charge on any atom is 0.123 e. The molecule has 0 aliphatic heterocycles. The van der Waals surface area contributed by atoms with Gasteiger partial charge in [-0.15, -0.1) is 0 Å². The Labute approximate surface area is 120 Å². The van der Waals surface area contributed by atoms with E-state index in [0.717, 1.165) is 17.9 Å². The van der Waals surface area contributed by atoms with Crippen LogP contribution in [0.4, 0.5) is 15.8 Å². The zero-order valence-electron chi connectivity index (χ0n) is 12.2. The second kappa shape index (κ2) is 6.53. The van der Waals surface area contributed by atoms with Gasteiger partial charge < -0.3 is 10.2 Å². The minimum atomic E-state index is -0.206. The lowest BCUT2D eigenvalue weighted by atomic mass is 10.1. The summed E-state index contributed by atoms with van der Waals surface area (Å²) in [6.45, 7) is 5.06. The van der Waals surface area contributed by atoms with E-state index in [1.165, 1.54) is 17.7 Å². The first-order valence-electron chi connectivity index (χ1n) is 6.96. The summed E-state index contributed by atoms with van der Waals surface area (Å²) in [5.74, 6) is -0.206. The van der Waals surface area contributed by atoms with Gasteiger partial charge in [-0.2, -0.15) is 0 Å². The Morgan fingerprint density at radius 1 is 1.00 bits per heavy atom. The molecule has 0 bridgehead atoms. The molecule has 2 aromatic rings. The van der Waals surface area contributed by atoms with Crippen molar-refractivity contribution >= 4 is 11.4 Å². The molecular formula is C17H21FN2. The summed E-state index contributed by atoms with van der Waals surface area (Å²) in [6.07, 6.45) is 0. The number of hydrogen-bond acceptors (Lipinski definition) is 2. The summed E-state index contributed by atoms with van der Waals surface area (Å²) in [5, 5.41) is 3.23. The normalized spacial score (nSPS) is 12.2. The van der Waals surface area contributed by atoms with Gasteiger partial charge in [-0.1, -0.05) is 12.1 Å². The lowest BCUT2D eigenvalue weighted by molar-refractivity contribution is 0.628. The van der Waals surface area contributed by atoms with E-state index in [-0.39, 0.29) is 5.82 Å². The predicted molar refractivity (Wildman–Crippen MR) is 83.0 cm³/mol. The van der Waals surface area contributed by atoms with Crippen molar-refractivity contribution < 1.29 is 4.39 Å². The van der Waals surface area contributed by atoms with Crippen molar-refractivity contribution in [3.63, 3.8) is 0 Å². The summed E-state index contributed by atoms with van der Waals surface area (Å²) >= 11 is 0. The zero-order chi connectivity index (χ0) is 14.5. The van der Waals surface area contributed by atoms with Crippen molar-refractivity contribution in [1.29, 1.82) is 0 Å². The molecule has 0 spiro atoms. The number of rotatable bonds is 5. The molecule has 1 N–H and O–H groups in total. The highest BCUT2D eigenvalue weighted by Crippen LogP contribution is 2.26. The molecule has 2 nitrogen and oxygen atoms in total. The van der Waals surface area contributed by atoms with Crippen molar-refractivity contribution in [2.45, 2.75) is 19.9 Å². The number of nitrogens with zero attached hydrogens (tertiary/aromatic N) is 1. The van der Waals surface area contributed by atoms with Crippen LogP contribution in [0.25, 0.3) is 0 Å². The quantitative estimate of drug-likeness (QED) is 0.874. The third-order valence-corrected chi connectivity index (χ3v) is 3.59. The number of anilines is 2. The Kier molecular flexibility index (Phi) is 4.74. The van der Waals surface area contributed by atoms with Gasteiger partial charge in [0.25, 0.3) is 0 Å². The maximum absolute atomic E-state index is 13.0. The van der Waals surface area contributed by atoms with E-state index >= 15 is 0 Å². The van der Waals surface area contributed by atoms with Gasteiger partial charge >= 0.3 is 0 Å². The first-order valence-corrected chi connectivity index (χ1v) is 6.96. The van der Waals surface area contributed by atoms with Crippen LogP contribution in [0.3, 0.4) is 0 Å². The molecule has 0 fully saturated rings. The number of nitrogens with one attached hydrogen (secondary N) is 1. The molecule has 0 radical (unpaired) electrons. The molecule has 0 heterocycles. The number of hydrogen-bond donors (Lipinski definition) is 1. The zero-order valence-corrected chi connectivity index (χ0v) is 12.2. The van der Waals surface area contributed by atoms with Crippen LogP contribution in [0.5, 0.6) is 0 Å². The molecule has 3 heteroatoms. The van der Waals surface area contributed by atoms with Gasteiger partial charge in [0.2, 0.25) is 0 Å². The van der Waals surface area contributed by atoms with Crippen LogP contribution >= 0.6 is 0 Å². The average molecular weight is 272 g/mol. The van der Waals surface area contributed by atoms with Crippen molar-refractivity contribution in [2.75, 3.05) is 18.5 Å². The molecule has 0 amide bonds. The summed E-state index contributed by atoms with van der Waals surface area (Å²) in [5.41, 5.74) is 3.38. The van der Waals surface area contributed by atoms with Crippen molar-refractivity contribution in [1.82, 2.24) is 5.32 Å². The van der Waals surface area contributed by atoms with E-state index in [1.807, 2.05) is 19.2 Å². The van der Waals surface area contributed by atoms with Crippen LogP contribution in [-0.2, 0) is 0 Å². The lowest BCUT2D eigenvalue weighted by Gasteiger charge is -2.24. The average Bonchev–Trinajstić information content (AvgIpc) is 2.50. The summed E-state index contributed by atoms with van der Waals surface area (Å²) in [6, 6.07) is 15.4. The molecule has 0 aliphatic rings. The highest BCUT2D eigenvalue weighted by molar-refractivity contribution is 5.63. The van der Waals surface area contributed by atoms with Crippen molar-refractivity contribution in [3.8, 4) is 0 Å². The van der Waals surface area contributed by atoms with Crippen LogP contribution in [0.1, 0.15) is 25.5 Å². The minimum absolute atomic E-state index is 0.206. The predicted octanol–water partition coefficient (Wildman–Crippen LogP) is 4.26. The van der Waals surface area contributed by atoms with E-state index in [9.17, 15) is 4.39 Å². The van der Waals surface area contributed by atoms with E-state index in [4.69, 9.17) is 0 Å². The number of benzene rings is 2. The second-order valence-electron chi connectivity index (χ2n) is 4.82. The molecule has 2 aromatic carbocycles. The molecule has 1 unspecified atom stereocenters. The van der Waals surface area contributed by atoms with Crippen LogP contribution in [-0.4, -0.2) is 13.6 Å². The monoisotopic (exact) mass is 272 g/mol. The highest BCUT2D eigenvalue weighted by atomic mass is 19.1. The molecule has 0 saturated heterocycles.